The third-order valence-corrected chi connectivity index (χ3v) is 2.84. The molecule has 1 aliphatic rings. The summed E-state index contributed by atoms with van der Waals surface area (Å²) in [5, 5.41) is 0. The Labute approximate surface area is 81.0 Å². The Morgan fingerprint density at radius 2 is 1.92 bits per heavy atom. The molecular weight excluding hydrogens is 166 g/mol. The Kier molecular flexibility index (Phi) is 4.70. The third-order valence-electron chi connectivity index (χ3n) is 2.84. The zero-order valence-electron chi connectivity index (χ0n) is 8.95. The van der Waals surface area contributed by atoms with Crippen molar-refractivity contribution in [1.82, 2.24) is 4.90 Å². The van der Waals surface area contributed by atoms with Crippen molar-refractivity contribution in [3.63, 3.8) is 0 Å². The summed E-state index contributed by atoms with van der Waals surface area (Å²) in [6, 6.07) is 0.544. The number of hydrogen-bond donors (Lipinski definition) is 0. The van der Waals surface area contributed by atoms with Gasteiger partial charge in [0.15, 0.2) is 0 Å². The minimum Gasteiger partial charge on any atom is -0.383 e. The summed E-state index contributed by atoms with van der Waals surface area (Å²) in [5.41, 5.74) is 0. The fourth-order valence-electron chi connectivity index (χ4n) is 1.90. The van der Waals surface area contributed by atoms with Gasteiger partial charge in [0, 0.05) is 33.4 Å². The largest absolute Gasteiger partial charge is 0.383 e. The third kappa shape index (κ3) is 3.25. The molecule has 0 bridgehead atoms. The van der Waals surface area contributed by atoms with Crippen molar-refractivity contribution in [2.24, 2.45) is 0 Å². The van der Waals surface area contributed by atoms with E-state index >= 15 is 0 Å². The van der Waals surface area contributed by atoms with E-state index in [-0.39, 0.29) is 0 Å². The van der Waals surface area contributed by atoms with Gasteiger partial charge in [0.25, 0.3) is 0 Å². The van der Waals surface area contributed by atoms with Crippen molar-refractivity contribution in [3.05, 3.63) is 0 Å². The monoisotopic (exact) mass is 187 g/mol. The van der Waals surface area contributed by atoms with Gasteiger partial charge in [0.2, 0.25) is 0 Å². The summed E-state index contributed by atoms with van der Waals surface area (Å²) >= 11 is 0. The smallest absolute Gasteiger partial charge is 0.0615 e. The zero-order chi connectivity index (χ0) is 9.68. The highest BCUT2D eigenvalue weighted by Crippen LogP contribution is 2.15. The standard InChI is InChI=1S/C10H21NO2/c1-9(8-12-2)11-6-4-10(13-3)5-7-11/h9-10H,4-8H2,1-3H3. The molecule has 78 valence electrons. The van der Waals surface area contributed by atoms with E-state index in [1.54, 1.807) is 14.2 Å². The maximum Gasteiger partial charge on any atom is 0.0615 e. The van der Waals surface area contributed by atoms with Crippen LogP contribution in [0.5, 0.6) is 0 Å². The van der Waals surface area contributed by atoms with Gasteiger partial charge in [-0.25, -0.2) is 0 Å². The first-order chi connectivity index (χ1) is 6.27. The van der Waals surface area contributed by atoms with Crippen LogP contribution in [-0.2, 0) is 9.47 Å². The maximum absolute atomic E-state index is 5.32. The number of methoxy groups -OCH3 is 2. The predicted molar refractivity (Wildman–Crippen MR) is 52.9 cm³/mol. The number of likely N-dealkylation sites (tertiary alicyclic amines) is 1. The molecule has 0 aromatic rings. The quantitative estimate of drug-likeness (QED) is 0.658. The SMILES string of the molecule is COCC(C)N1CCC(OC)CC1. The van der Waals surface area contributed by atoms with E-state index in [4.69, 9.17) is 9.47 Å². The molecule has 0 aliphatic carbocycles. The lowest BCUT2D eigenvalue weighted by Gasteiger charge is -2.35. The molecule has 3 nitrogen and oxygen atoms in total. The lowest BCUT2D eigenvalue weighted by molar-refractivity contribution is 0.0148. The second-order valence-corrected chi connectivity index (χ2v) is 3.78. The maximum atomic E-state index is 5.32. The summed E-state index contributed by atoms with van der Waals surface area (Å²) in [4.78, 5) is 2.47. The summed E-state index contributed by atoms with van der Waals surface area (Å²) < 4.78 is 10.5. The topological polar surface area (TPSA) is 21.7 Å². The molecule has 1 unspecified atom stereocenters. The predicted octanol–water partition coefficient (Wildman–Crippen LogP) is 1.13. The first kappa shape index (κ1) is 11.0. The number of nitrogens with zero attached hydrogens (tertiary/aromatic N) is 1. The van der Waals surface area contributed by atoms with Crippen molar-refractivity contribution in [1.29, 1.82) is 0 Å². The molecule has 0 aromatic carbocycles. The Morgan fingerprint density at radius 1 is 1.31 bits per heavy atom. The Bertz CT molecular complexity index is 133. The average Bonchev–Trinajstić information content (AvgIpc) is 2.18. The number of rotatable bonds is 4. The van der Waals surface area contributed by atoms with E-state index in [0.717, 1.165) is 32.5 Å². The lowest BCUT2D eigenvalue weighted by atomic mass is 10.1. The van der Waals surface area contributed by atoms with Crippen LogP contribution in [0, 0.1) is 0 Å². The highest BCUT2D eigenvalue weighted by Gasteiger charge is 2.21. The molecule has 1 fully saturated rings. The molecular formula is C10H21NO2. The molecule has 1 heterocycles. The molecule has 1 saturated heterocycles. The van der Waals surface area contributed by atoms with Gasteiger partial charge in [0.05, 0.1) is 12.7 Å². The molecule has 0 aromatic heterocycles. The molecule has 0 saturated carbocycles. The molecule has 1 rings (SSSR count). The van der Waals surface area contributed by atoms with Crippen LogP contribution >= 0.6 is 0 Å². The first-order valence-corrected chi connectivity index (χ1v) is 5.03. The van der Waals surface area contributed by atoms with Gasteiger partial charge in [-0.3, -0.25) is 4.90 Å². The fourth-order valence-corrected chi connectivity index (χ4v) is 1.90. The summed E-state index contributed by atoms with van der Waals surface area (Å²) in [5.74, 6) is 0. The van der Waals surface area contributed by atoms with Crippen molar-refractivity contribution in [2.75, 3.05) is 33.9 Å². The molecule has 13 heavy (non-hydrogen) atoms. The highest BCUT2D eigenvalue weighted by molar-refractivity contribution is 4.76. The Balaban J connectivity index is 2.23. The normalized spacial score (nSPS) is 23.3. The van der Waals surface area contributed by atoms with E-state index in [2.05, 4.69) is 11.8 Å². The van der Waals surface area contributed by atoms with Crippen LogP contribution in [0.25, 0.3) is 0 Å². The van der Waals surface area contributed by atoms with Gasteiger partial charge in [0.1, 0.15) is 0 Å². The van der Waals surface area contributed by atoms with Gasteiger partial charge in [-0.05, 0) is 19.8 Å². The van der Waals surface area contributed by atoms with Gasteiger partial charge < -0.3 is 9.47 Å². The summed E-state index contributed by atoms with van der Waals surface area (Å²) in [6.45, 7) is 5.33. The fraction of sp³-hybridized carbons (Fsp3) is 1.00. The van der Waals surface area contributed by atoms with Gasteiger partial charge >= 0.3 is 0 Å². The van der Waals surface area contributed by atoms with Crippen LogP contribution in [-0.4, -0.2) is 51.0 Å². The minimum atomic E-state index is 0.478. The highest BCUT2D eigenvalue weighted by atomic mass is 16.5. The van der Waals surface area contributed by atoms with Crippen molar-refractivity contribution >= 4 is 0 Å². The molecule has 1 atom stereocenters. The van der Waals surface area contributed by atoms with Crippen LogP contribution in [0.4, 0.5) is 0 Å². The minimum absolute atomic E-state index is 0.478. The average molecular weight is 187 g/mol. The summed E-state index contributed by atoms with van der Waals surface area (Å²) in [7, 11) is 3.57. The number of ether oxygens (including phenoxy) is 2. The molecule has 0 radical (unpaired) electrons. The van der Waals surface area contributed by atoms with Crippen molar-refractivity contribution in [2.45, 2.75) is 31.9 Å². The second kappa shape index (κ2) is 5.58. The van der Waals surface area contributed by atoms with Crippen molar-refractivity contribution in [3.8, 4) is 0 Å². The van der Waals surface area contributed by atoms with E-state index in [1.165, 1.54) is 0 Å². The number of piperidine rings is 1. The molecule has 0 spiro atoms. The molecule has 0 amide bonds. The van der Waals surface area contributed by atoms with E-state index in [9.17, 15) is 0 Å². The summed E-state index contributed by atoms with van der Waals surface area (Å²) in [6.07, 6.45) is 2.79. The second-order valence-electron chi connectivity index (χ2n) is 3.78. The Morgan fingerprint density at radius 3 is 2.38 bits per heavy atom. The van der Waals surface area contributed by atoms with Crippen molar-refractivity contribution < 1.29 is 9.47 Å². The number of hydrogen-bond acceptors (Lipinski definition) is 3. The van der Waals surface area contributed by atoms with Gasteiger partial charge in [-0.2, -0.15) is 0 Å². The van der Waals surface area contributed by atoms with Crippen LogP contribution in [0.3, 0.4) is 0 Å². The first-order valence-electron chi connectivity index (χ1n) is 5.03. The molecule has 1 aliphatic heterocycles. The van der Waals surface area contributed by atoms with Gasteiger partial charge in [-0.15, -0.1) is 0 Å². The lowest BCUT2D eigenvalue weighted by Crippen LogP contribution is -2.43. The van der Waals surface area contributed by atoms with Crippen LogP contribution < -0.4 is 0 Å². The molecule has 3 heteroatoms. The van der Waals surface area contributed by atoms with Gasteiger partial charge in [-0.1, -0.05) is 0 Å². The van der Waals surface area contributed by atoms with Crippen LogP contribution in [0.1, 0.15) is 19.8 Å². The van der Waals surface area contributed by atoms with Crippen LogP contribution in [0.2, 0.25) is 0 Å². The van der Waals surface area contributed by atoms with E-state index in [1.807, 2.05) is 0 Å². The van der Waals surface area contributed by atoms with E-state index < -0.39 is 0 Å². The zero-order valence-corrected chi connectivity index (χ0v) is 8.95. The van der Waals surface area contributed by atoms with Crippen LogP contribution in [0.15, 0.2) is 0 Å². The van der Waals surface area contributed by atoms with E-state index in [0.29, 0.717) is 12.1 Å². The molecule has 0 N–H and O–H groups in total. The Hall–Kier alpha value is -0.120.